The van der Waals surface area contributed by atoms with Gasteiger partial charge in [0, 0.05) is 31.6 Å². The molecule has 1 fully saturated rings. The minimum atomic E-state index is 0.0382. The molecule has 5 nitrogen and oxygen atoms in total. The molecule has 0 unspecified atom stereocenters. The molecular weight excluding hydrogens is 266 g/mol. The van der Waals surface area contributed by atoms with Crippen molar-refractivity contribution in [3.05, 3.63) is 36.5 Å². The molecule has 2 heterocycles. The Morgan fingerprint density at radius 3 is 2.81 bits per heavy atom. The number of carbonyl (C=O) groups excluding carboxylic acids is 1. The third kappa shape index (κ3) is 3.31. The Kier molecular flexibility index (Phi) is 4.01. The first-order valence-electron chi connectivity index (χ1n) is 7.16. The van der Waals surface area contributed by atoms with Crippen molar-refractivity contribution < 1.29 is 9.53 Å². The Balaban J connectivity index is 1.59. The van der Waals surface area contributed by atoms with Crippen molar-refractivity contribution in [1.29, 1.82) is 0 Å². The lowest BCUT2D eigenvalue weighted by Gasteiger charge is -2.32. The van der Waals surface area contributed by atoms with E-state index < -0.39 is 0 Å². The van der Waals surface area contributed by atoms with Crippen LogP contribution in [-0.4, -0.2) is 60.5 Å². The van der Waals surface area contributed by atoms with Gasteiger partial charge < -0.3 is 14.5 Å². The average Bonchev–Trinajstić information content (AvgIpc) is 2.53. The molecule has 1 amide bonds. The van der Waals surface area contributed by atoms with Crippen LogP contribution in [-0.2, 0) is 4.79 Å². The van der Waals surface area contributed by atoms with Crippen LogP contribution in [0.3, 0.4) is 0 Å². The van der Waals surface area contributed by atoms with Gasteiger partial charge in [0.2, 0.25) is 0 Å². The summed E-state index contributed by atoms with van der Waals surface area (Å²) in [5.74, 6) is 0.674. The van der Waals surface area contributed by atoms with Crippen LogP contribution in [0.25, 0.3) is 10.9 Å². The van der Waals surface area contributed by atoms with Crippen LogP contribution in [0.15, 0.2) is 36.5 Å². The van der Waals surface area contributed by atoms with Crippen LogP contribution in [0.1, 0.15) is 0 Å². The predicted octanol–water partition coefficient (Wildman–Crippen LogP) is 1.39. The highest BCUT2D eigenvalue weighted by Gasteiger charge is 2.19. The maximum Gasteiger partial charge on any atom is 0.260 e. The van der Waals surface area contributed by atoms with Crippen LogP contribution in [0.2, 0.25) is 0 Å². The van der Waals surface area contributed by atoms with E-state index in [9.17, 15) is 4.79 Å². The van der Waals surface area contributed by atoms with Crippen LogP contribution in [0.5, 0.6) is 5.75 Å². The highest BCUT2D eigenvalue weighted by molar-refractivity contribution is 5.80. The quantitative estimate of drug-likeness (QED) is 0.855. The Labute approximate surface area is 124 Å². The Morgan fingerprint density at radius 2 is 2.00 bits per heavy atom. The molecule has 0 saturated carbocycles. The van der Waals surface area contributed by atoms with E-state index in [4.69, 9.17) is 4.74 Å². The van der Waals surface area contributed by atoms with Crippen molar-refractivity contribution in [1.82, 2.24) is 14.8 Å². The zero-order chi connectivity index (χ0) is 14.7. The number of nitrogens with zero attached hydrogens (tertiary/aromatic N) is 3. The number of pyridine rings is 1. The van der Waals surface area contributed by atoms with Gasteiger partial charge >= 0.3 is 0 Å². The van der Waals surface area contributed by atoms with Crippen molar-refractivity contribution in [2.75, 3.05) is 39.8 Å². The molecule has 1 aromatic carbocycles. The average molecular weight is 285 g/mol. The fourth-order valence-electron chi connectivity index (χ4n) is 2.42. The molecular formula is C16H19N3O2. The zero-order valence-electron chi connectivity index (χ0n) is 12.2. The van der Waals surface area contributed by atoms with Crippen LogP contribution >= 0.6 is 0 Å². The van der Waals surface area contributed by atoms with E-state index in [1.54, 1.807) is 6.20 Å². The summed E-state index contributed by atoms with van der Waals surface area (Å²) in [6.45, 7) is 3.46. The normalized spacial score (nSPS) is 16.1. The second-order valence-electron chi connectivity index (χ2n) is 5.34. The van der Waals surface area contributed by atoms with Crippen molar-refractivity contribution in [3.8, 4) is 5.75 Å². The SMILES string of the molecule is CN1CCN(C(=O)COc2cnc3ccccc3c2)CC1. The summed E-state index contributed by atoms with van der Waals surface area (Å²) < 4.78 is 5.59. The zero-order valence-corrected chi connectivity index (χ0v) is 12.2. The highest BCUT2D eigenvalue weighted by Crippen LogP contribution is 2.17. The largest absolute Gasteiger partial charge is 0.482 e. The van der Waals surface area contributed by atoms with Gasteiger partial charge in [-0.25, -0.2) is 0 Å². The molecule has 0 radical (unpaired) electrons. The second-order valence-corrected chi connectivity index (χ2v) is 5.34. The number of aromatic nitrogens is 1. The topological polar surface area (TPSA) is 45.7 Å². The summed E-state index contributed by atoms with van der Waals surface area (Å²) in [7, 11) is 2.07. The number of para-hydroxylation sites is 1. The van der Waals surface area contributed by atoms with Gasteiger partial charge in [0.15, 0.2) is 6.61 Å². The van der Waals surface area contributed by atoms with Gasteiger partial charge in [0.05, 0.1) is 11.7 Å². The minimum absolute atomic E-state index is 0.0382. The van der Waals surface area contributed by atoms with Crippen LogP contribution in [0, 0.1) is 0 Å². The maximum absolute atomic E-state index is 12.1. The van der Waals surface area contributed by atoms with Gasteiger partial charge in [-0.1, -0.05) is 18.2 Å². The number of ether oxygens (including phenoxy) is 1. The molecule has 1 aromatic heterocycles. The van der Waals surface area contributed by atoms with Crippen LogP contribution in [0.4, 0.5) is 0 Å². The van der Waals surface area contributed by atoms with Gasteiger partial charge in [0.1, 0.15) is 5.75 Å². The van der Waals surface area contributed by atoms with E-state index in [2.05, 4.69) is 16.9 Å². The van der Waals surface area contributed by atoms with Gasteiger partial charge in [-0.3, -0.25) is 9.78 Å². The van der Waals surface area contributed by atoms with Gasteiger partial charge in [0.25, 0.3) is 5.91 Å². The number of piperazine rings is 1. The number of fused-ring (bicyclic) bond motifs is 1. The predicted molar refractivity (Wildman–Crippen MR) is 81.3 cm³/mol. The minimum Gasteiger partial charge on any atom is -0.482 e. The first-order valence-corrected chi connectivity index (χ1v) is 7.16. The van der Waals surface area contributed by atoms with Gasteiger partial charge in [-0.05, 0) is 19.2 Å². The molecule has 3 rings (SSSR count). The number of rotatable bonds is 3. The lowest BCUT2D eigenvalue weighted by molar-refractivity contribution is -0.134. The van der Waals surface area contributed by atoms with E-state index >= 15 is 0 Å². The highest BCUT2D eigenvalue weighted by atomic mass is 16.5. The molecule has 110 valence electrons. The standard InChI is InChI=1S/C16H19N3O2/c1-18-6-8-19(9-7-18)16(20)12-21-14-10-13-4-2-3-5-15(13)17-11-14/h2-5,10-11H,6-9,12H2,1H3. The van der Waals surface area contributed by atoms with E-state index in [1.807, 2.05) is 35.2 Å². The van der Waals surface area contributed by atoms with Gasteiger partial charge in [-0.2, -0.15) is 0 Å². The molecule has 0 bridgehead atoms. The number of benzene rings is 1. The summed E-state index contributed by atoms with van der Waals surface area (Å²) in [5.41, 5.74) is 0.926. The fraction of sp³-hybridized carbons (Fsp3) is 0.375. The molecule has 2 aromatic rings. The fourth-order valence-corrected chi connectivity index (χ4v) is 2.42. The monoisotopic (exact) mass is 285 g/mol. The van der Waals surface area contributed by atoms with Crippen molar-refractivity contribution in [2.24, 2.45) is 0 Å². The number of amides is 1. The third-order valence-electron chi connectivity index (χ3n) is 3.78. The van der Waals surface area contributed by atoms with E-state index in [-0.39, 0.29) is 12.5 Å². The molecule has 1 saturated heterocycles. The summed E-state index contributed by atoms with van der Waals surface area (Å²) >= 11 is 0. The molecule has 0 atom stereocenters. The summed E-state index contributed by atoms with van der Waals surface area (Å²) in [6, 6.07) is 9.77. The van der Waals surface area contributed by atoms with Crippen LogP contribution < -0.4 is 4.74 Å². The number of hydrogen-bond acceptors (Lipinski definition) is 4. The molecule has 21 heavy (non-hydrogen) atoms. The third-order valence-corrected chi connectivity index (χ3v) is 3.78. The number of carbonyl (C=O) groups is 1. The second kappa shape index (κ2) is 6.10. The molecule has 0 aliphatic carbocycles. The Morgan fingerprint density at radius 1 is 1.24 bits per heavy atom. The van der Waals surface area contributed by atoms with Crippen molar-refractivity contribution >= 4 is 16.8 Å². The van der Waals surface area contributed by atoms with E-state index in [0.29, 0.717) is 5.75 Å². The van der Waals surface area contributed by atoms with E-state index in [0.717, 1.165) is 37.1 Å². The first kappa shape index (κ1) is 13.8. The lowest BCUT2D eigenvalue weighted by Crippen LogP contribution is -2.48. The summed E-state index contributed by atoms with van der Waals surface area (Å²) in [4.78, 5) is 20.5. The maximum atomic E-state index is 12.1. The van der Waals surface area contributed by atoms with Crippen molar-refractivity contribution in [2.45, 2.75) is 0 Å². The first-order chi connectivity index (χ1) is 10.2. The molecule has 1 aliphatic rings. The molecule has 1 aliphatic heterocycles. The Bertz CT molecular complexity index is 636. The number of hydrogen-bond donors (Lipinski definition) is 0. The summed E-state index contributed by atoms with van der Waals surface area (Å²) in [6.07, 6.45) is 1.67. The van der Waals surface area contributed by atoms with Crippen molar-refractivity contribution in [3.63, 3.8) is 0 Å². The molecule has 0 spiro atoms. The van der Waals surface area contributed by atoms with Gasteiger partial charge in [-0.15, -0.1) is 0 Å². The number of likely N-dealkylation sites (N-methyl/N-ethyl adjacent to an activating group) is 1. The Hall–Kier alpha value is -2.14. The summed E-state index contributed by atoms with van der Waals surface area (Å²) in [5, 5.41) is 1.02. The molecule has 5 heteroatoms. The van der Waals surface area contributed by atoms with E-state index in [1.165, 1.54) is 0 Å². The molecule has 0 N–H and O–H groups in total. The lowest BCUT2D eigenvalue weighted by atomic mass is 10.2. The smallest absolute Gasteiger partial charge is 0.260 e.